The number of carbonyl (C=O) groups excluding carboxylic acids is 16. The van der Waals surface area contributed by atoms with Gasteiger partial charge < -0.3 is 173 Å². The largest absolute Gasteiger partial charge is 0.370 e. The number of nitrogens with one attached hydrogen (secondary N) is 28. The van der Waals surface area contributed by atoms with Gasteiger partial charge in [0.1, 0.15) is 90.6 Å². The second-order valence-electron chi connectivity index (χ2n) is 38.3. The van der Waals surface area contributed by atoms with E-state index in [0.717, 1.165) is 10.9 Å². The molecule has 55 nitrogen and oxygen atoms in total. The average Bonchev–Trinajstić information content (AvgIpc) is 1.68. The van der Waals surface area contributed by atoms with E-state index in [4.69, 9.17) is 89.5 Å². The van der Waals surface area contributed by atoms with Crippen LogP contribution in [0.1, 0.15) is 216 Å². The highest BCUT2D eigenvalue weighted by atomic mass is 16.2. The molecular weight excluding hydrogens is 1920 g/mol. The van der Waals surface area contributed by atoms with Crippen molar-refractivity contribution < 1.29 is 76.7 Å². The predicted octanol–water partition coefficient (Wildman–Crippen LogP) is -7.13. The van der Waals surface area contributed by atoms with E-state index in [9.17, 15) is 47.9 Å². The smallest absolute Gasteiger partial charge is 0.245 e. The average molecular weight is 2090 g/mol. The molecule has 0 unspecified atom stereocenters. The van der Waals surface area contributed by atoms with Gasteiger partial charge in [0, 0.05) is 82.4 Å². The molecule has 0 saturated carbocycles. The molecule has 2 saturated heterocycles. The van der Waals surface area contributed by atoms with E-state index in [1.54, 1.807) is 53.8 Å². The molecule has 0 bridgehead atoms. The number of rotatable bonds is 67. The lowest BCUT2D eigenvalue weighted by Crippen LogP contribution is -2.62. The molecule has 1 aromatic heterocycles. The number of aromatic amines is 1. The number of nitrogens with zero attached hydrogens (tertiary/aromatic N) is 2. The van der Waals surface area contributed by atoms with Crippen LogP contribution < -0.4 is 158 Å². The zero-order chi connectivity index (χ0) is 111. The zero-order valence-corrected chi connectivity index (χ0v) is 86.7. The fourth-order valence-corrected chi connectivity index (χ4v) is 16.8. The van der Waals surface area contributed by atoms with Crippen LogP contribution in [0.15, 0.2) is 30.5 Å². The van der Waals surface area contributed by atoms with Crippen molar-refractivity contribution in [2.45, 2.75) is 314 Å². The molecule has 55 heteroatoms. The van der Waals surface area contributed by atoms with E-state index in [0.29, 0.717) is 18.4 Å². The van der Waals surface area contributed by atoms with Crippen LogP contribution in [0.4, 0.5) is 0 Å². The highest BCUT2D eigenvalue weighted by Gasteiger charge is 2.45. The number of hydrogen-bond acceptors (Lipinski definition) is 24. The molecule has 1 aromatic carbocycles. The number of likely N-dealkylation sites (tertiary alicyclic amines) is 2. The second-order valence-corrected chi connectivity index (χ2v) is 38.3. The number of nitrogens with two attached hydrogens (primary N) is 9. The Morgan fingerprint density at radius 1 is 0.345 bits per heavy atom. The predicted molar refractivity (Wildman–Crippen MR) is 557 cm³/mol. The van der Waals surface area contributed by atoms with Crippen molar-refractivity contribution in [3.05, 3.63) is 36.0 Å². The highest BCUT2D eigenvalue weighted by Crippen LogP contribution is 2.26. The summed E-state index contributed by atoms with van der Waals surface area (Å²) in [4.78, 5) is 238. The third-order valence-electron chi connectivity index (χ3n) is 25.2. The van der Waals surface area contributed by atoms with Gasteiger partial charge in [-0.15, -0.1) is 0 Å². The van der Waals surface area contributed by atoms with Gasteiger partial charge in [-0.2, -0.15) is 0 Å². The molecule has 4 rings (SSSR count). The SMILES string of the molecule is CC[C@H](C)[C@H](NC(=O)[C@H](CCCNC(=N)N)NC(=O)[C@H](CCCNC(=N)N)NC(=O)[C@@H](NC(=O)[C@@H]1CCCN1C(=O)[C@H](CCCNC(=N)N)NC(=O)[C@H](CCCNC(=N)N)NC(=O)[C@H](C)NC(=O)[C@H](CC(C)C)NC(=O)[C@@H]1CCCN1C(=O)[C@H](CCCNC(=N)N)NC(=O)[C@@H](N)CC(C)C)[C@@H](C)CC)C(=O)N[C@@H](CCCNC(=N)N)C(=O)N[C@@H](CCCNC(=N)N)C(=O)N[C@@H](C)C(=O)N[C@@H](Cc1c[nH]c2ccccc12)C(N)=O. The number of hydrogen-bond donors (Lipinski definition) is 37. The Hall–Kier alpha value is -14.9. The summed E-state index contributed by atoms with van der Waals surface area (Å²) in [6.07, 6.45) is 3.01. The summed E-state index contributed by atoms with van der Waals surface area (Å²) in [5.74, 6) is -17.7. The first kappa shape index (κ1) is 125. The number of benzene rings is 1. The van der Waals surface area contributed by atoms with Crippen molar-refractivity contribution in [3.8, 4) is 0 Å². The number of fused-ring (bicyclic) bond motifs is 1. The van der Waals surface area contributed by atoms with Crippen LogP contribution in [0.2, 0.25) is 0 Å². The summed E-state index contributed by atoms with van der Waals surface area (Å²) in [6, 6.07) is -14.5. The fraction of sp³-hybridized carbons (Fsp3) is 0.667. The molecule has 2 fully saturated rings. The van der Waals surface area contributed by atoms with Gasteiger partial charge in [-0.1, -0.05) is 86.4 Å². The van der Waals surface area contributed by atoms with Crippen LogP contribution >= 0.6 is 0 Å². The molecule has 18 atom stereocenters. The first-order valence-corrected chi connectivity index (χ1v) is 50.6. The van der Waals surface area contributed by atoms with Gasteiger partial charge in [0.15, 0.2) is 41.7 Å². The Labute approximate surface area is 862 Å². The number of amides is 16. The van der Waals surface area contributed by atoms with Crippen LogP contribution in [-0.2, 0) is 83.1 Å². The Bertz CT molecular complexity index is 4840. The zero-order valence-electron chi connectivity index (χ0n) is 86.7. The fourth-order valence-electron chi connectivity index (χ4n) is 16.8. The van der Waals surface area contributed by atoms with Crippen molar-refractivity contribution in [1.29, 1.82) is 37.9 Å². The molecular formula is C93H165N39O16. The van der Waals surface area contributed by atoms with Crippen LogP contribution in [0.25, 0.3) is 10.9 Å². The monoisotopic (exact) mass is 2080 g/mol. The molecule has 2 aliphatic heterocycles. The summed E-state index contributed by atoms with van der Waals surface area (Å²) in [7, 11) is 0. The maximum absolute atomic E-state index is 15.3. The highest BCUT2D eigenvalue weighted by molar-refractivity contribution is 6.02. The molecule has 0 spiro atoms. The van der Waals surface area contributed by atoms with Crippen LogP contribution in [0, 0.1) is 61.5 Å². The van der Waals surface area contributed by atoms with Crippen molar-refractivity contribution in [1.82, 2.24) is 121 Å². The maximum Gasteiger partial charge on any atom is 0.245 e. The minimum atomic E-state index is -1.56. The molecule has 0 radical (unpaired) electrons. The van der Waals surface area contributed by atoms with Crippen LogP contribution in [0.5, 0.6) is 0 Å². The van der Waals surface area contributed by atoms with Gasteiger partial charge >= 0.3 is 0 Å². The summed E-state index contributed by atoms with van der Waals surface area (Å²) in [5.41, 5.74) is 52.6. The van der Waals surface area contributed by atoms with E-state index in [1.807, 2.05) is 32.0 Å². The van der Waals surface area contributed by atoms with Crippen molar-refractivity contribution in [2.75, 3.05) is 58.9 Å². The Balaban J connectivity index is 1.65. The molecule has 2 aromatic rings. The number of para-hydroxylation sites is 1. The third kappa shape index (κ3) is 45.0. The minimum Gasteiger partial charge on any atom is -0.370 e. The topological polar surface area (TPSA) is 937 Å². The first-order valence-electron chi connectivity index (χ1n) is 50.6. The summed E-state index contributed by atoms with van der Waals surface area (Å²) >= 11 is 0. The van der Waals surface area contributed by atoms with Gasteiger partial charge in [0.05, 0.1) is 6.04 Å². The van der Waals surface area contributed by atoms with Crippen LogP contribution in [0.3, 0.4) is 0 Å². The van der Waals surface area contributed by atoms with Gasteiger partial charge in [-0.25, -0.2) is 0 Å². The normalized spacial score (nSPS) is 16.4. The molecule has 46 N–H and O–H groups in total. The molecule has 148 heavy (non-hydrogen) atoms. The molecule has 0 aliphatic carbocycles. The summed E-state index contributed by atoms with van der Waals surface area (Å²) in [6.45, 7) is 17.1. The number of primary amides is 1. The van der Waals surface area contributed by atoms with Crippen molar-refractivity contribution in [3.63, 3.8) is 0 Å². The van der Waals surface area contributed by atoms with E-state index >= 15 is 28.8 Å². The molecule has 2 aliphatic rings. The second kappa shape index (κ2) is 64.9. The van der Waals surface area contributed by atoms with E-state index in [1.165, 1.54) is 23.6 Å². The Morgan fingerprint density at radius 2 is 0.635 bits per heavy atom. The third-order valence-corrected chi connectivity index (χ3v) is 25.2. The maximum atomic E-state index is 15.3. The van der Waals surface area contributed by atoms with Crippen molar-refractivity contribution >= 4 is 147 Å². The number of guanidine groups is 7. The lowest BCUT2D eigenvalue weighted by atomic mass is 9.96. The van der Waals surface area contributed by atoms with E-state index in [2.05, 4.69) is 111 Å². The van der Waals surface area contributed by atoms with Gasteiger partial charge in [0.25, 0.3) is 0 Å². The molecule has 3 heterocycles. The first-order chi connectivity index (χ1) is 69.9. The summed E-state index contributed by atoms with van der Waals surface area (Å²) < 4.78 is 0. The Kier molecular flexibility index (Phi) is 55.0. The van der Waals surface area contributed by atoms with Gasteiger partial charge in [-0.3, -0.25) is 115 Å². The minimum absolute atomic E-state index is 0.00837. The number of H-pyrrole nitrogens is 1. The van der Waals surface area contributed by atoms with E-state index < -0.39 is 239 Å². The number of aromatic nitrogens is 1. The van der Waals surface area contributed by atoms with Crippen LogP contribution in [-0.4, -0.2) is 307 Å². The lowest BCUT2D eigenvalue weighted by molar-refractivity contribution is -0.143. The quantitative estimate of drug-likeness (QED) is 0.0166. The van der Waals surface area contributed by atoms with Crippen molar-refractivity contribution in [2.24, 2.45) is 75.3 Å². The summed E-state index contributed by atoms with van der Waals surface area (Å²) in [5, 5.41) is 109. The standard InChI is InChI=1S/C93H165N39O16/c1-11-50(7)69(83(145)123-60(28-17-37-112-89(100)101)76(138)121-58(26-15-35-110-87(96)97)75(137)118-53(10)73(135)127-65(71(95)133)46-54-47-117-57-25-14-13-24-55(54)57)129-79(141)62(30-19-39-114-91(104)105)122-77(139)61(29-18-38-113-90(102)103)124-84(146)70(51(8)12-2)130-82(144)68-34-23-43-132(68)86(148)64(32-21-41-116-93(108)109)126-78(140)59(27-16-36-111-88(98)99)120-72(134)52(9)119-80(142)66(45-49(5)6)128-81(143)67-33-22-42-131(67)85(147)63(31-20-40-115-92(106)107)125-74(136)56(94)44-48(3)4/h13-14,24-25,47-53,56,58-70,117H,11-12,15-23,26-46,94H2,1-10H3,(H2,95,133)(H,118,137)(H,119,142)(H,120,134)(H,121,138)(H,122,139)(H,123,145)(H,124,146)(H,125,136)(H,126,140)(H,127,135)(H,128,143)(H,129,141)(H,130,144)(H4,96,97,110)(H4,98,99,111)(H4,100,101,112)(H4,102,103,113)(H4,104,105,114)(H4,106,107,115)(H4,108,109,116)/t50-,51-,52-,53-,56-,58-,59-,60-,61-,62-,63-,64-,65-,66-,67-,68-,69-,70-/m0/s1. The molecule has 16 amide bonds. The van der Waals surface area contributed by atoms with Gasteiger partial charge in [-0.05, 0) is 178 Å². The lowest BCUT2D eigenvalue weighted by Gasteiger charge is -2.32. The van der Waals surface area contributed by atoms with E-state index in [-0.39, 0.29) is 212 Å². The number of carbonyl (C=O) groups is 16. The Morgan fingerprint density at radius 3 is 0.980 bits per heavy atom. The van der Waals surface area contributed by atoms with Gasteiger partial charge in [0.2, 0.25) is 94.5 Å². The molecule has 828 valence electrons.